The molecule has 0 spiro atoms. The van der Waals surface area contributed by atoms with E-state index in [0.29, 0.717) is 36.6 Å². The average molecular weight is 451 g/mol. The van der Waals surface area contributed by atoms with E-state index in [2.05, 4.69) is 4.98 Å². The Morgan fingerprint density at radius 3 is 2.48 bits per heavy atom. The molecule has 33 heavy (non-hydrogen) atoms. The highest BCUT2D eigenvalue weighted by atomic mass is 16.5. The highest BCUT2D eigenvalue weighted by Crippen LogP contribution is 2.41. The van der Waals surface area contributed by atoms with E-state index < -0.39 is 6.04 Å². The van der Waals surface area contributed by atoms with Crippen LogP contribution in [0.1, 0.15) is 43.5 Å². The number of aromatic amines is 1. The van der Waals surface area contributed by atoms with Gasteiger partial charge in [0, 0.05) is 28.9 Å². The number of carbonyl (C=O) groups is 1. The molecule has 1 aromatic heterocycles. The SMILES string of the molecule is CCOc1ccc2[nH]c(=O)c([C@@H]3c4cc(OC)c(OC)cc4CCN3C(=O)C(C)C)cc2c1. The Hall–Kier alpha value is -3.48. The smallest absolute Gasteiger partial charge is 0.254 e. The highest BCUT2D eigenvalue weighted by molar-refractivity contribution is 5.82. The normalized spacial score (nSPS) is 15.5. The minimum atomic E-state index is -0.535. The molecular weight excluding hydrogens is 420 g/mol. The number of pyridine rings is 1. The molecule has 0 unspecified atom stereocenters. The van der Waals surface area contributed by atoms with Crippen LogP contribution in [0.15, 0.2) is 41.2 Å². The van der Waals surface area contributed by atoms with E-state index in [1.165, 1.54) is 0 Å². The molecule has 7 heteroatoms. The van der Waals surface area contributed by atoms with Gasteiger partial charge in [-0.3, -0.25) is 9.59 Å². The summed E-state index contributed by atoms with van der Waals surface area (Å²) in [4.78, 5) is 31.3. The fourth-order valence-electron chi connectivity index (χ4n) is 4.51. The zero-order valence-electron chi connectivity index (χ0n) is 19.7. The second-order valence-electron chi connectivity index (χ2n) is 8.48. The van der Waals surface area contributed by atoms with Gasteiger partial charge in [0.2, 0.25) is 5.91 Å². The molecule has 3 aromatic rings. The molecule has 0 bridgehead atoms. The van der Waals surface area contributed by atoms with Crippen molar-refractivity contribution in [2.24, 2.45) is 5.92 Å². The molecule has 0 radical (unpaired) electrons. The van der Waals surface area contributed by atoms with Gasteiger partial charge in [0.05, 0.1) is 26.9 Å². The van der Waals surface area contributed by atoms with E-state index in [1.54, 1.807) is 14.2 Å². The van der Waals surface area contributed by atoms with Crippen molar-refractivity contribution < 1.29 is 19.0 Å². The molecule has 0 fully saturated rings. The Balaban J connectivity index is 1.95. The van der Waals surface area contributed by atoms with E-state index in [-0.39, 0.29) is 17.4 Å². The molecule has 0 saturated carbocycles. The minimum Gasteiger partial charge on any atom is -0.494 e. The Kier molecular flexibility index (Phi) is 6.31. The van der Waals surface area contributed by atoms with Gasteiger partial charge in [-0.1, -0.05) is 13.8 Å². The minimum absolute atomic E-state index is 0.00278. The van der Waals surface area contributed by atoms with Crippen LogP contribution >= 0.6 is 0 Å². The predicted octanol–water partition coefficient (Wildman–Crippen LogP) is 4.07. The lowest BCUT2D eigenvalue weighted by molar-refractivity contribution is -0.136. The number of rotatable bonds is 6. The summed E-state index contributed by atoms with van der Waals surface area (Å²) in [6.07, 6.45) is 0.671. The number of fused-ring (bicyclic) bond motifs is 2. The summed E-state index contributed by atoms with van der Waals surface area (Å²) in [7, 11) is 3.18. The number of hydrogen-bond donors (Lipinski definition) is 1. The summed E-state index contributed by atoms with van der Waals surface area (Å²) in [5.41, 5.74) is 2.92. The number of methoxy groups -OCH3 is 2. The van der Waals surface area contributed by atoms with Gasteiger partial charge in [0.15, 0.2) is 11.5 Å². The number of ether oxygens (including phenoxy) is 3. The lowest BCUT2D eigenvalue weighted by Gasteiger charge is -2.38. The topological polar surface area (TPSA) is 80.9 Å². The Morgan fingerprint density at radius 2 is 1.82 bits per heavy atom. The molecule has 1 aliphatic rings. The molecule has 1 amide bonds. The molecule has 174 valence electrons. The van der Waals surface area contributed by atoms with Gasteiger partial charge >= 0.3 is 0 Å². The number of carbonyl (C=O) groups excluding carboxylic acids is 1. The standard InChI is InChI=1S/C26H30N2O5/c1-6-33-18-7-8-21-17(11-18)12-20(25(29)27-21)24-19-14-23(32-5)22(31-4)13-16(19)9-10-28(24)26(30)15(2)3/h7-8,11-15,24H,6,9-10H2,1-5H3,(H,27,29)/t24-/m0/s1. The number of benzene rings is 2. The number of hydrogen-bond acceptors (Lipinski definition) is 5. The molecule has 1 atom stereocenters. The molecule has 2 aromatic carbocycles. The van der Waals surface area contributed by atoms with E-state index in [1.807, 2.05) is 62.1 Å². The monoisotopic (exact) mass is 450 g/mol. The predicted molar refractivity (Wildman–Crippen MR) is 127 cm³/mol. The fourth-order valence-corrected chi connectivity index (χ4v) is 4.51. The maximum absolute atomic E-state index is 13.3. The lowest BCUT2D eigenvalue weighted by Crippen LogP contribution is -2.44. The van der Waals surface area contributed by atoms with Crippen LogP contribution in [0, 0.1) is 5.92 Å². The summed E-state index contributed by atoms with van der Waals surface area (Å²) in [6, 6.07) is 10.7. The van der Waals surface area contributed by atoms with Crippen LogP contribution in [0.5, 0.6) is 17.2 Å². The number of nitrogens with zero attached hydrogens (tertiary/aromatic N) is 1. The van der Waals surface area contributed by atoms with Crippen molar-refractivity contribution in [3.8, 4) is 17.2 Å². The van der Waals surface area contributed by atoms with Gasteiger partial charge in [-0.2, -0.15) is 0 Å². The molecule has 1 N–H and O–H groups in total. The molecule has 1 aliphatic heterocycles. The van der Waals surface area contributed by atoms with Crippen molar-refractivity contribution in [3.63, 3.8) is 0 Å². The second-order valence-corrected chi connectivity index (χ2v) is 8.48. The van der Waals surface area contributed by atoms with Gasteiger partial charge in [0.25, 0.3) is 5.56 Å². The summed E-state index contributed by atoms with van der Waals surface area (Å²) < 4.78 is 16.7. The first-order chi connectivity index (χ1) is 15.9. The van der Waals surface area contributed by atoms with Crippen LogP contribution in [-0.2, 0) is 11.2 Å². The number of amides is 1. The van der Waals surface area contributed by atoms with Crippen molar-refractivity contribution in [2.45, 2.75) is 33.2 Å². The van der Waals surface area contributed by atoms with Gasteiger partial charge in [0.1, 0.15) is 5.75 Å². The van der Waals surface area contributed by atoms with Crippen LogP contribution < -0.4 is 19.8 Å². The molecular formula is C26H30N2O5. The molecule has 4 rings (SSSR count). The third kappa shape index (κ3) is 4.15. The number of H-pyrrole nitrogens is 1. The van der Waals surface area contributed by atoms with Crippen LogP contribution in [0.25, 0.3) is 10.9 Å². The first-order valence-corrected chi connectivity index (χ1v) is 11.2. The number of nitrogens with one attached hydrogen (secondary N) is 1. The van der Waals surface area contributed by atoms with E-state index in [0.717, 1.165) is 27.8 Å². The Labute approximate surface area is 193 Å². The van der Waals surface area contributed by atoms with Crippen molar-refractivity contribution >= 4 is 16.8 Å². The van der Waals surface area contributed by atoms with Gasteiger partial charge < -0.3 is 24.1 Å². The van der Waals surface area contributed by atoms with Crippen molar-refractivity contribution in [2.75, 3.05) is 27.4 Å². The van der Waals surface area contributed by atoms with E-state index in [9.17, 15) is 9.59 Å². The largest absolute Gasteiger partial charge is 0.494 e. The molecule has 0 aliphatic carbocycles. The van der Waals surface area contributed by atoms with Gasteiger partial charge in [-0.15, -0.1) is 0 Å². The quantitative estimate of drug-likeness (QED) is 0.612. The highest BCUT2D eigenvalue weighted by Gasteiger charge is 2.35. The summed E-state index contributed by atoms with van der Waals surface area (Å²) in [6.45, 7) is 6.75. The molecule has 0 saturated heterocycles. The Morgan fingerprint density at radius 1 is 1.09 bits per heavy atom. The maximum atomic E-state index is 13.3. The molecule has 7 nitrogen and oxygen atoms in total. The summed E-state index contributed by atoms with van der Waals surface area (Å²) in [5.74, 6) is 1.73. The zero-order chi connectivity index (χ0) is 23.7. The van der Waals surface area contributed by atoms with Crippen LogP contribution in [0.2, 0.25) is 0 Å². The van der Waals surface area contributed by atoms with Crippen molar-refractivity contribution in [1.82, 2.24) is 9.88 Å². The third-order valence-electron chi connectivity index (χ3n) is 6.10. The van der Waals surface area contributed by atoms with Crippen LogP contribution in [-0.4, -0.2) is 43.2 Å². The number of aromatic nitrogens is 1. The maximum Gasteiger partial charge on any atom is 0.254 e. The van der Waals surface area contributed by atoms with Crippen molar-refractivity contribution in [1.29, 1.82) is 0 Å². The van der Waals surface area contributed by atoms with Crippen molar-refractivity contribution in [3.05, 3.63) is 63.4 Å². The zero-order valence-corrected chi connectivity index (χ0v) is 19.7. The van der Waals surface area contributed by atoms with E-state index >= 15 is 0 Å². The summed E-state index contributed by atoms with van der Waals surface area (Å²) >= 11 is 0. The van der Waals surface area contributed by atoms with E-state index in [4.69, 9.17) is 14.2 Å². The van der Waals surface area contributed by atoms with Gasteiger partial charge in [-0.25, -0.2) is 0 Å². The molecule has 2 heterocycles. The summed E-state index contributed by atoms with van der Waals surface area (Å²) in [5, 5.41) is 0.847. The van der Waals surface area contributed by atoms with Crippen LogP contribution in [0.4, 0.5) is 0 Å². The average Bonchev–Trinajstić information content (AvgIpc) is 2.81. The fraction of sp³-hybridized carbons (Fsp3) is 0.385. The van der Waals surface area contributed by atoms with Gasteiger partial charge in [-0.05, 0) is 60.9 Å². The first-order valence-electron chi connectivity index (χ1n) is 11.2. The van der Waals surface area contributed by atoms with Crippen LogP contribution in [0.3, 0.4) is 0 Å². The first kappa shape index (κ1) is 22.7. The second kappa shape index (κ2) is 9.17. The third-order valence-corrected chi connectivity index (χ3v) is 6.10. The lowest BCUT2D eigenvalue weighted by atomic mass is 9.87. The Bertz CT molecular complexity index is 1250.